The van der Waals surface area contributed by atoms with E-state index in [0.717, 1.165) is 12.8 Å². The first-order chi connectivity index (χ1) is 7.54. The maximum atomic E-state index is 11.7. The number of nitrogens with zero attached hydrogens (tertiary/aromatic N) is 2. The second kappa shape index (κ2) is 6.06. The average Bonchev–Trinajstić information content (AvgIpc) is 2.28. The maximum Gasteiger partial charge on any atom is 0.324 e. The predicted octanol–water partition coefficient (Wildman–Crippen LogP) is 0.487. The van der Waals surface area contributed by atoms with Crippen LogP contribution >= 0.6 is 11.6 Å². The van der Waals surface area contributed by atoms with Gasteiger partial charge in [-0.05, 0) is 26.9 Å². The van der Waals surface area contributed by atoms with E-state index in [1.165, 1.54) is 0 Å². The van der Waals surface area contributed by atoms with Crippen molar-refractivity contribution in [3.05, 3.63) is 0 Å². The fourth-order valence-corrected chi connectivity index (χ4v) is 1.86. The molecule has 0 spiro atoms. The third-order valence-electron chi connectivity index (χ3n) is 2.78. The molecule has 0 aromatic rings. The Bertz CT molecular complexity index is 271. The average molecular weight is 248 g/mol. The smallest absolute Gasteiger partial charge is 0.323 e. The summed E-state index contributed by atoms with van der Waals surface area (Å²) in [5.41, 5.74) is 0. The number of alkyl halides is 1. The van der Waals surface area contributed by atoms with Gasteiger partial charge in [-0.2, -0.15) is 0 Å². The fraction of sp³-hybridized carbons (Fsp3) is 0.800. The molecule has 92 valence electrons. The number of carbonyl (C=O) groups excluding carboxylic acids is 2. The highest BCUT2D eigenvalue weighted by Crippen LogP contribution is 2.13. The number of likely N-dealkylation sites (N-methyl/N-ethyl adjacent to an activating group) is 1. The van der Waals surface area contributed by atoms with E-state index in [0.29, 0.717) is 19.1 Å². The molecule has 0 bridgehead atoms. The Labute approximate surface area is 101 Å². The molecule has 1 rings (SSSR count). The Morgan fingerprint density at radius 2 is 2.19 bits per heavy atom. The number of piperidine rings is 1. The van der Waals surface area contributed by atoms with Gasteiger partial charge in [0.15, 0.2) is 0 Å². The summed E-state index contributed by atoms with van der Waals surface area (Å²) in [6.07, 6.45) is 2.05. The van der Waals surface area contributed by atoms with E-state index >= 15 is 0 Å². The standard InChI is InChI=1S/C10H18ClN3O2/c1-13(2)8-4-3-5-14(7-8)10(16)12-9(15)6-11/h8H,3-7H2,1-2H3,(H,12,15,16). The van der Waals surface area contributed by atoms with Crippen LogP contribution in [0.1, 0.15) is 12.8 Å². The first-order valence-corrected chi connectivity index (χ1v) is 5.89. The summed E-state index contributed by atoms with van der Waals surface area (Å²) in [5.74, 6) is -0.630. The molecule has 5 nitrogen and oxygen atoms in total. The van der Waals surface area contributed by atoms with E-state index in [9.17, 15) is 9.59 Å². The molecule has 16 heavy (non-hydrogen) atoms. The predicted molar refractivity (Wildman–Crippen MR) is 62.5 cm³/mol. The highest BCUT2D eigenvalue weighted by molar-refractivity contribution is 6.28. The van der Waals surface area contributed by atoms with Gasteiger partial charge < -0.3 is 9.80 Å². The van der Waals surface area contributed by atoms with E-state index in [-0.39, 0.29) is 11.9 Å². The van der Waals surface area contributed by atoms with Gasteiger partial charge in [-0.1, -0.05) is 0 Å². The van der Waals surface area contributed by atoms with E-state index < -0.39 is 5.91 Å². The molecule has 3 amide bonds. The molecule has 1 atom stereocenters. The van der Waals surface area contributed by atoms with Crippen molar-refractivity contribution in [3.63, 3.8) is 0 Å². The summed E-state index contributed by atoms with van der Waals surface area (Å²) in [6.45, 7) is 1.36. The Hall–Kier alpha value is -0.810. The lowest BCUT2D eigenvalue weighted by Gasteiger charge is -2.35. The van der Waals surface area contributed by atoms with Crippen LogP contribution in [0.2, 0.25) is 0 Å². The van der Waals surface area contributed by atoms with Crippen LogP contribution in [-0.4, -0.2) is 60.8 Å². The minimum absolute atomic E-state index is 0.184. The van der Waals surface area contributed by atoms with Gasteiger partial charge in [0, 0.05) is 19.1 Å². The van der Waals surface area contributed by atoms with Crippen LogP contribution in [0.25, 0.3) is 0 Å². The second-order valence-corrected chi connectivity index (χ2v) is 4.46. The molecular weight excluding hydrogens is 230 g/mol. The fourth-order valence-electron chi connectivity index (χ4n) is 1.79. The molecule has 1 aliphatic heterocycles. The van der Waals surface area contributed by atoms with Gasteiger partial charge >= 0.3 is 6.03 Å². The maximum absolute atomic E-state index is 11.7. The van der Waals surface area contributed by atoms with Gasteiger partial charge in [0.25, 0.3) is 0 Å². The van der Waals surface area contributed by atoms with Gasteiger partial charge in [-0.25, -0.2) is 4.79 Å². The van der Waals surface area contributed by atoms with Crippen LogP contribution in [0.3, 0.4) is 0 Å². The monoisotopic (exact) mass is 247 g/mol. The van der Waals surface area contributed by atoms with Gasteiger partial charge in [-0.3, -0.25) is 10.1 Å². The van der Waals surface area contributed by atoms with Crippen molar-refractivity contribution in [2.45, 2.75) is 18.9 Å². The van der Waals surface area contributed by atoms with Crippen molar-refractivity contribution in [2.24, 2.45) is 0 Å². The third kappa shape index (κ3) is 3.64. The zero-order valence-electron chi connectivity index (χ0n) is 9.70. The molecule has 1 aliphatic rings. The number of nitrogens with one attached hydrogen (secondary N) is 1. The number of urea groups is 1. The summed E-state index contributed by atoms with van der Waals surface area (Å²) in [6, 6.07) is 0.0304. The Balaban J connectivity index is 2.47. The summed E-state index contributed by atoms with van der Waals surface area (Å²) < 4.78 is 0. The first-order valence-electron chi connectivity index (χ1n) is 5.35. The van der Waals surface area contributed by atoms with Crippen molar-refractivity contribution >= 4 is 23.5 Å². The quantitative estimate of drug-likeness (QED) is 0.723. The van der Waals surface area contributed by atoms with Crippen LogP contribution in [-0.2, 0) is 4.79 Å². The van der Waals surface area contributed by atoms with E-state index in [4.69, 9.17) is 11.6 Å². The van der Waals surface area contributed by atoms with E-state index in [1.54, 1.807) is 4.90 Å². The van der Waals surface area contributed by atoms with Crippen LogP contribution < -0.4 is 5.32 Å². The van der Waals surface area contributed by atoms with Crippen LogP contribution in [0, 0.1) is 0 Å². The second-order valence-electron chi connectivity index (χ2n) is 4.19. The molecule has 0 aliphatic carbocycles. The van der Waals surface area contributed by atoms with Crippen LogP contribution in [0.15, 0.2) is 0 Å². The minimum atomic E-state index is -0.446. The molecule has 0 aromatic carbocycles. The van der Waals surface area contributed by atoms with Crippen LogP contribution in [0.5, 0.6) is 0 Å². The summed E-state index contributed by atoms with van der Waals surface area (Å²) in [5, 5.41) is 2.26. The SMILES string of the molecule is CN(C)C1CCCN(C(=O)NC(=O)CCl)C1. The van der Waals surface area contributed by atoms with Crippen molar-refractivity contribution in [2.75, 3.05) is 33.1 Å². The molecule has 1 heterocycles. The largest absolute Gasteiger partial charge is 0.324 e. The molecule has 6 heteroatoms. The van der Waals surface area contributed by atoms with E-state index in [1.807, 2.05) is 14.1 Å². The molecule has 1 fully saturated rings. The zero-order chi connectivity index (χ0) is 12.1. The van der Waals surface area contributed by atoms with Gasteiger partial charge in [-0.15, -0.1) is 11.6 Å². The first kappa shape index (κ1) is 13.3. The normalized spacial score (nSPS) is 21.0. The Kier molecular flexibility index (Phi) is 5.02. The van der Waals surface area contributed by atoms with Crippen LogP contribution in [0.4, 0.5) is 4.79 Å². The number of rotatable bonds is 2. The highest BCUT2D eigenvalue weighted by atomic mass is 35.5. The minimum Gasteiger partial charge on any atom is -0.323 e. The van der Waals surface area contributed by atoms with Crippen molar-refractivity contribution < 1.29 is 9.59 Å². The number of halogens is 1. The lowest BCUT2D eigenvalue weighted by Crippen LogP contribution is -2.51. The van der Waals surface area contributed by atoms with Crippen molar-refractivity contribution in [1.82, 2.24) is 15.1 Å². The molecule has 1 N–H and O–H groups in total. The summed E-state index contributed by atoms with van der Waals surface area (Å²) >= 11 is 5.32. The molecule has 0 saturated carbocycles. The molecule has 1 saturated heterocycles. The lowest BCUT2D eigenvalue weighted by molar-refractivity contribution is -0.117. The molecular formula is C10H18ClN3O2. The number of hydrogen-bond donors (Lipinski definition) is 1. The summed E-state index contributed by atoms with van der Waals surface area (Å²) in [4.78, 5) is 26.4. The Morgan fingerprint density at radius 1 is 1.50 bits per heavy atom. The number of amides is 3. The van der Waals surface area contributed by atoms with Crippen molar-refractivity contribution in [3.8, 4) is 0 Å². The third-order valence-corrected chi connectivity index (χ3v) is 3.02. The number of imide groups is 1. The highest BCUT2D eigenvalue weighted by Gasteiger charge is 2.25. The van der Waals surface area contributed by atoms with Gasteiger partial charge in [0.05, 0.1) is 0 Å². The van der Waals surface area contributed by atoms with E-state index in [2.05, 4.69) is 10.2 Å². The van der Waals surface area contributed by atoms with Gasteiger partial charge in [0.1, 0.15) is 5.88 Å². The lowest BCUT2D eigenvalue weighted by atomic mass is 10.1. The Morgan fingerprint density at radius 3 is 2.75 bits per heavy atom. The van der Waals surface area contributed by atoms with Crippen molar-refractivity contribution in [1.29, 1.82) is 0 Å². The molecule has 1 unspecified atom stereocenters. The number of likely N-dealkylation sites (tertiary alicyclic amines) is 1. The summed E-state index contributed by atoms with van der Waals surface area (Å²) in [7, 11) is 3.99. The number of carbonyl (C=O) groups is 2. The molecule has 0 aromatic heterocycles. The number of hydrogen-bond acceptors (Lipinski definition) is 3. The van der Waals surface area contributed by atoms with Gasteiger partial charge in [0.2, 0.25) is 5.91 Å². The zero-order valence-corrected chi connectivity index (χ0v) is 10.5. The molecule has 0 radical (unpaired) electrons. The topological polar surface area (TPSA) is 52.6 Å².